The molecule has 0 aliphatic heterocycles. The second-order valence-electron chi connectivity index (χ2n) is 7.56. The molecular weight excluding hydrogens is 422 g/mol. The van der Waals surface area contributed by atoms with E-state index in [1.54, 1.807) is 23.5 Å². The van der Waals surface area contributed by atoms with Gasteiger partial charge in [0.25, 0.3) is 5.56 Å². The number of carbonyl (C=O) groups is 1. The van der Waals surface area contributed by atoms with Gasteiger partial charge in [0.05, 0.1) is 27.7 Å². The van der Waals surface area contributed by atoms with Crippen molar-refractivity contribution in [3.05, 3.63) is 92.0 Å². The lowest BCUT2D eigenvalue weighted by Gasteiger charge is -2.10. The van der Waals surface area contributed by atoms with Crippen molar-refractivity contribution >= 4 is 39.4 Å². The molecule has 3 aromatic heterocycles. The molecule has 0 spiro atoms. The number of benzene rings is 2. The summed E-state index contributed by atoms with van der Waals surface area (Å²) in [4.78, 5) is 30.3. The Morgan fingerprint density at radius 3 is 2.62 bits per heavy atom. The van der Waals surface area contributed by atoms with Crippen LogP contribution in [-0.2, 0) is 4.74 Å². The lowest BCUT2D eigenvalue weighted by atomic mass is 10.2. The van der Waals surface area contributed by atoms with E-state index in [0.29, 0.717) is 21.7 Å². The van der Waals surface area contributed by atoms with E-state index in [9.17, 15) is 9.59 Å². The molecule has 0 aliphatic carbocycles. The maximum atomic E-state index is 13.1. The highest BCUT2D eigenvalue weighted by Gasteiger charge is 2.14. The lowest BCUT2D eigenvalue weighted by molar-refractivity contribution is 0.0526. The highest BCUT2D eigenvalue weighted by Crippen LogP contribution is 2.22. The number of para-hydroxylation sites is 2. The van der Waals surface area contributed by atoms with Gasteiger partial charge < -0.3 is 9.30 Å². The molecule has 2 aromatic carbocycles. The third-order valence-corrected chi connectivity index (χ3v) is 6.51. The summed E-state index contributed by atoms with van der Waals surface area (Å²) < 4.78 is 9.50. The fourth-order valence-corrected chi connectivity index (χ4v) is 5.02. The van der Waals surface area contributed by atoms with Crippen LogP contribution in [0.3, 0.4) is 0 Å². The third kappa shape index (κ3) is 3.22. The van der Waals surface area contributed by atoms with Crippen LogP contribution in [-0.4, -0.2) is 26.5 Å². The van der Waals surface area contributed by atoms with E-state index in [4.69, 9.17) is 4.74 Å². The van der Waals surface area contributed by atoms with Gasteiger partial charge in [-0.1, -0.05) is 23.5 Å². The molecule has 32 heavy (non-hydrogen) atoms. The number of aryl methyl sites for hydroxylation is 1. The molecule has 3 heterocycles. The minimum Gasteiger partial charge on any atom is -0.462 e. The van der Waals surface area contributed by atoms with Crippen molar-refractivity contribution in [1.29, 1.82) is 0 Å². The fourth-order valence-electron chi connectivity index (χ4n) is 4.05. The van der Waals surface area contributed by atoms with Crippen molar-refractivity contribution in [2.24, 2.45) is 0 Å². The van der Waals surface area contributed by atoms with E-state index in [1.165, 1.54) is 11.3 Å². The second-order valence-corrected chi connectivity index (χ2v) is 8.57. The molecule has 0 saturated carbocycles. The molecule has 0 radical (unpaired) electrons. The van der Waals surface area contributed by atoms with Crippen LogP contribution in [0.15, 0.2) is 59.4 Å². The SMILES string of the molecule is CCOC(=O)c1ccc(-n2c(C)cc(C=c3sc4nc5ccccc5n4c3=O)c2C)cc1. The molecule has 0 atom stereocenters. The van der Waals surface area contributed by atoms with Gasteiger partial charge in [-0.15, -0.1) is 0 Å². The van der Waals surface area contributed by atoms with E-state index >= 15 is 0 Å². The van der Waals surface area contributed by atoms with Gasteiger partial charge in [0.2, 0.25) is 0 Å². The van der Waals surface area contributed by atoms with E-state index in [1.807, 2.05) is 56.3 Å². The Morgan fingerprint density at radius 2 is 1.88 bits per heavy atom. The van der Waals surface area contributed by atoms with Crippen LogP contribution in [0, 0.1) is 13.8 Å². The number of hydrogen-bond donors (Lipinski definition) is 0. The summed E-state index contributed by atoms with van der Waals surface area (Å²) in [6.45, 7) is 6.19. The maximum Gasteiger partial charge on any atom is 0.338 e. The predicted molar refractivity (Wildman–Crippen MR) is 127 cm³/mol. The number of esters is 1. The van der Waals surface area contributed by atoms with Crippen LogP contribution < -0.4 is 10.1 Å². The van der Waals surface area contributed by atoms with Gasteiger partial charge in [0, 0.05) is 17.1 Å². The van der Waals surface area contributed by atoms with E-state index < -0.39 is 0 Å². The number of rotatable bonds is 4. The molecule has 5 aromatic rings. The van der Waals surface area contributed by atoms with Crippen LogP contribution in [0.25, 0.3) is 27.8 Å². The minimum absolute atomic E-state index is 0.0534. The number of aromatic nitrogens is 3. The summed E-state index contributed by atoms with van der Waals surface area (Å²) >= 11 is 1.40. The number of thiazole rings is 1. The number of imidazole rings is 1. The first kappa shape index (κ1) is 20.2. The Bertz CT molecular complexity index is 1590. The van der Waals surface area contributed by atoms with Crippen molar-refractivity contribution in [1.82, 2.24) is 14.0 Å². The Labute approximate surface area is 188 Å². The van der Waals surface area contributed by atoms with Gasteiger partial charge in [-0.25, -0.2) is 14.2 Å². The van der Waals surface area contributed by atoms with Crippen LogP contribution >= 0.6 is 11.3 Å². The number of ether oxygens (including phenoxy) is 1. The second kappa shape index (κ2) is 7.76. The van der Waals surface area contributed by atoms with Crippen LogP contribution in [0.1, 0.15) is 34.2 Å². The maximum absolute atomic E-state index is 13.1. The molecule has 0 bridgehead atoms. The zero-order valence-corrected chi connectivity index (χ0v) is 18.8. The monoisotopic (exact) mass is 443 g/mol. The van der Waals surface area contributed by atoms with Crippen molar-refractivity contribution in [3.8, 4) is 5.69 Å². The van der Waals surface area contributed by atoms with Gasteiger partial charge in [0.15, 0.2) is 4.96 Å². The highest BCUT2D eigenvalue weighted by molar-refractivity contribution is 7.15. The summed E-state index contributed by atoms with van der Waals surface area (Å²) in [6.07, 6.45) is 1.93. The summed E-state index contributed by atoms with van der Waals surface area (Å²) in [5.41, 5.74) is 6.10. The molecule has 0 aliphatic rings. The van der Waals surface area contributed by atoms with Crippen molar-refractivity contribution in [2.45, 2.75) is 20.8 Å². The van der Waals surface area contributed by atoms with E-state index in [2.05, 4.69) is 15.6 Å². The lowest BCUT2D eigenvalue weighted by Crippen LogP contribution is -2.22. The fraction of sp³-hybridized carbons (Fsp3) is 0.160. The number of carbonyl (C=O) groups excluding carboxylic acids is 1. The van der Waals surface area contributed by atoms with Gasteiger partial charge in [-0.3, -0.25) is 4.79 Å². The zero-order valence-electron chi connectivity index (χ0n) is 18.0. The minimum atomic E-state index is -0.327. The Morgan fingerprint density at radius 1 is 1.12 bits per heavy atom. The molecular formula is C25H21N3O3S. The van der Waals surface area contributed by atoms with E-state index in [0.717, 1.165) is 33.7 Å². The first-order valence-electron chi connectivity index (χ1n) is 10.4. The summed E-state index contributed by atoms with van der Waals surface area (Å²) in [7, 11) is 0. The van der Waals surface area contributed by atoms with Gasteiger partial charge in [-0.2, -0.15) is 0 Å². The van der Waals surface area contributed by atoms with Crippen molar-refractivity contribution in [2.75, 3.05) is 6.61 Å². The first-order valence-corrected chi connectivity index (χ1v) is 11.2. The molecule has 160 valence electrons. The smallest absolute Gasteiger partial charge is 0.338 e. The molecule has 0 N–H and O–H groups in total. The largest absolute Gasteiger partial charge is 0.462 e. The average molecular weight is 444 g/mol. The molecule has 0 unspecified atom stereocenters. The molecule has 5 rings (SSSR count). The van der Waals surface area contributed by atoms with Gasteiger partial charge in [0.1, 0.15) is 0 Å². The number of nitrogens with zero attached hydrogens (tertiary/aromatic N) is 3. The normalized spacial score (nSPS) is 12.2. The Balaban J connectivity index is 1.57. The van der Waals surface area contributed by atoms with E-state index in [-0.39, 0.29) is 11.5 Å². The van der Waals surface area contributed by atoms with Crippen LogP contribution in [0.4, 0.5) is 0 Å². The van der Waals surface area contributed by atoms with Crippen LogP contribution in [0.2, 0.25) is 0 Å². The topological polar surface area (TPSA) is 65.6 Å². The third-order valence-electron chi connectivity index (χ3n) is 5.54. The molecule has 6 nitrogen and oxygen atoms in total. The molecule has 0 saturated heterocycles. The van der Waals surface area contributed by atoms with Crippen molar-refractivity contribution < 1.29 is 9.53 Å². The molecule has 7 heteroatoms. The Hall–Kier alpha value is -3.71. The summed E-state index contributed by atoms with van der Waals surface area (Å²) in [5.74, 6) is -0.327. The standard InChI is InChI=1S/C25H21N3O3S/c1-4-31-24(30)17-9-11-19(12-10-17)27-15(2)13-18(16(27)3)14-22-23(29)28-21-8-6-5-7-20(21)26-25(28)32-22/h5-14H,4H2,1-3H3. The highest BCUT2D eigenvalue weighted by atomic mass is 32.1. The predicted octanol–water partition coefficient (Wildman–Crippen LogP) is 4.04. The molecule has 0 amide bonds. The van der Waals surface area contributed by atoms with Crippen molar-refractivity contribution in [3.63, 3.8) is 0 Å². The zero-order chi connectivity index (χ0) is 22.4. The van der Waals surface area contributed by atoms with Gasteiger partial charge in [-0.05, 0) is 74.9 Å². The number of fused-ring (bicyclic) bond motifs is 3. The average Bonchev–Trinajstić information content (AvgIpc) is 3.39. The number of hydrogen-bond acceptors (Lipinski definition) is 5. The molecule has 0 fully saturated rings. The summed E-state index contributed by atoms with van der Waals surface area (Å²) in [6, 6.07) is 17.1. The Kier molecular flexibility index (Phi) is 4.90. The quantitative estimate of drug-likeness (QED) is 0.393. The van der Waals surface area contributed by atoms with Gasteiger partial charge >= 0.3 is 5.97 Å². The first-order chi connectivity index (χ1) is 15.5. The summed E-state index contributed by atoms with van der Waals surface area (Å²) in [5, 5.41) is 0. The van der Waals surface area contributed by atoms with Crippen LogP contribution in [0.5, 0.6) is 0 Å².